The number of carbonyl (C=O) groups is 3. The van der Waals surface area contributed by atoms with Crippen LogP contribution in [0.15, 0.2) is 66.8 Å². The number of anilines is 1. The smallest absolute Gasteiger partial charge is 0.350 e. The molecule has 0 unspecified atom stereocenters. The number of aliphatic hydroxyl groups excluding tert-OH is 1. The summed E-state index contributed by atoms with van der Waals surface area (Å²) >= 11 is 0.908. The van der Waals surface area contributed by atoms with E-state index in [2.05, 4.69) is 11.6 Å². The Bertz CT molecular complexity index is 1410. The number of aromatic nitrogens is 1. The third kappa shape index (κ3) is 4.96. The number of hydrogen-bond acceptors (Lipinski definition) is 9. The quantitative estimate of drug-likeness (QED) is 0.146. The van der Waals surface area contributed by atoms with Gasteiger partial charge >= 0.3 is 11.9 Å². The van der Waals surface area contributed by atoms with Crippen LogP contribution in [0.2, 0.25) is 0 Å². The van der Waals surface area contributed by atoms with Gasteiger partial charge in [0.05, 0.1) is 23.9 Å². The summed E-state index contributed by atoms with van der Waals surface area (Å²) in [6, 6.07) is 11.3. The molecule has 4 rings (SSSR count). The summed E-state index contributed by atoms with van der Waals surface area (Å²) in [7, 11) is 0. The van der Waals surface area contributed by atoms with Crippen molar-refractivity contribution < 1.29 is 34.1 Å². The van der Waals surface area contributed by atoms with Gasteiger partial charge in [-0.2, -0.15) is 0 Å². The minimum atomic E-state index is -1.11. The Morgan fingerprint density at radius 2 is 1.95 bits per heavy atom. The minimum absolute atomic E-state index is 0.0863. The van der Waals surface area contributed by atoms with E-state index in [4.69, 9.17) is 9.47 Å². The van der Waals surface area contributed by atoms with E-state index in [1.54, 1.807) is 56.3 Å². The molecule has 1 saturated heterocycles. The average Bonchev–Trinajstić information content (AvgIpc) is 3.39. The van der Waals surface area contributed by atoms with E-state index in [0.717, 1.165) is 16.2 Å². The third-order valence-electron chi connectivity index (χ3n) is 5.58. The highest BCUT2D eigenvalue weighted by atomic mass is 32.1. The van der Waals surface area contributed by atoms with Crippen LogP contribution in [0.5, 0.6) is 11.5 Å². The number of Topliss-reactive ketones (excluding diaryl/α,β-unsaturated/α-hetero) is 1. The Kier molecular flexibility index (Phi) is 7.40. The van der Waals surface area contributed by atoms with Crippen molar-refractivity contribution in [2.75, 3.05) is 18.1 Å². The van der Waals surface area contributed by atoms with Crippen molar-refractivity contribution in [1.82, 2.24) is 4.98 Å². The Balaban J connectivity index is 1.85. The van der Waals surface area contributed by atoms with Crippen LogP contribution in [-0.4, -0.2) is 46.1 Å². The Labute approximate surface area is 216 Å². The van der Waals surface area contributed by atoms with Gasteiger partial charge in [0, 0.05) is 5.56 Å². The normalized spacial score (nSPS) is 16.6. The molecular formula is C27H24N2O7S. The molecule has 0 spiro atoms. The second kappa shape index (κ2) is 10.7. The number of phenols is 1. The zero-order chi connectivity index (χ0) is 26.7. The lowest BCUT2D eigenvalue weighted by atomic mass is 9.95. The van der Waals surface area contributed by atoms with Crippen molar-refractivity contribution in [3.8, 4) is 11.5 Å². The Morgan fingerprint density at radius 3 is 2.59 bits per heavy atom. The first kappa shape index (κ1) is 25.6. The van der Waals surface area contributed by atoms with E-state index in [-0.39, 0.29) is 33.5 Å². The molecule has 0 saturated carbocycles. The van der Waals surface area contributed by atoms with E-state index in [0.29, 0.717) is 23.6 Å². The summed E-state index contributed by atoms with van der Waals surface area (Å²) in [5, 5.41) is 21.4. The zero-order valence-electron chi connectivity index (χ0n) is 20.1. The Hall–Kier alpha value is -4.44. The summed E-state index contributed by atoms with van der Waals surface area (Å²) in [5.41, 5.74) is 0.819. The lowest BCUT2D eigenvalue weighted by Crippen LogP contribution is -2.29. The van der Waals surface area contributed by atoms with Crippen LogP contribution in [0.25, 0.3) is 5.76 Å². The number of esters is 1. The van der Waals surface area contributed by atoms with Crippen LogP contribution in [0.1, 0.15) is 39.5 Å². The van der Waals surface area contributed by atoms with Crippen molar-refractivity contribution in [1.29, 1.82) is 0 Å². The number of amides is 1. The molecule has 0 bridgehead atoms. The molecule has 2 N–H and O–H groups in total. The SMILES string of the molecule is C=CCOc1ccc(/C(O)=C2\C(=O)C(=O)N(c3nc(C)c(C(=O)OCC)s3)[C@H]2c2cccc(O)c2)cc1. The maximum atomic E-state index is 13.3. The van der Waals surface area contributed by atoms with Gasteiger partial charge in [-0.25, -0.2) is 9.78 Å². The molecule has 1 fully saturated rings. The lowest BCUT2D eigenvalue weighted by Gasteiger charge is -2.23. The van der Waals surface area contributed by atoms with Gasteiger partial charge in [0.25, 0.3) is 5.78 Å². The van der Waals surface area contributed by atoms with Crippen LogP contribution in [0, 0.1) is 6.92 Å². The number of aryl methyl sites for hydroxylation is 1. The summed E-state index contributed by atoms with van der Waals surface area (Å²) in [4.78, 5) is 44.6. The number of carbonyl (C=O) groups excluding carboxylic acids is 3. The fraction of sp³-hybridized carbons (Fsp3) is 0.185. The van der Waals surface area contributed by atoms with E-state index in [1.165, 1.54) is 12.1 Å². The van der Waals surface area contributed by atoms with Crippen molar-refractivity contribution in [3.05, 3.63) is 88.5 Å². The highest BCUT2D eigenvalue weighted by molar-refractivity contribution is 7.17. The molecule has 1 aliphatic rings. The molecule has 0 aliphatic carbocycles. The molecule has 190 valence electrons. The van der Waals surface area contributed by atoms with E-state index >= 15 is 0 Å². The molecule has 10 heteroatoms. The van der Waals surface area contributed by atoms with Gasteiger partial charge in [0.2, 0.25) is 0 Å². The predicted molar refractivity (Wildman–Crippen MR) is 138 cm³/mol. The van der Waals surface area contributed by atoms with Crippen LogP contribution >= 0.6 is 11.3 Å². The predicted octanol–water partition coefficient (Wildman–Crippen LogP) is 4.52. The molecule has 2 aromatic carbocycles. The van der Waals surface area contributed by atoms with Gasteiger partial charge in [-0.05, 0) is 55.8 Å². The number of phenolic OH excluding ortho intramolecular Hbond substituents is 1. The topological polar surface area (TPSA) is 126 Å². The highest BCUT2D eigenvalue weighted by Gasteiger charge is 2.48. The highest BCUT2D eigenvalue weighted by Crippen LogP contribution is 2.44. The molecule has 3 aromatic rings. The van der Waals surface area contributed by atoms with Crippen molar-refractivity contribution in [2.45, 2.75) is 19.9 Å². The minimum Gasteiger partial charge on any atom is -0.508 e. The largest absolute Gasteiger partial charge is 0.508 e. The molecular weight excluding hydrogens is 496 g/mol. The molecule has 0 radical (unpaired) electrons. The number of aromatic hydroxyl groups is 1. The lowest BCUT2D eigenvalue weighted by molar-refractivity contribution is -0.132. The van der Waals surface area contributed by atoms with Crippen molar-refractivity contribution in [2.24, 2.45) is 0 Å². The van der Waals surface area contributed by atoms with Crippen LogP contribution in [0.4, 0.5) is 5.13 Å². The first-order chi connectivity index (χ1) is 17.8. The molecule has 9 nitrogen and oxygen atoms in total. The van der Waals surface area contributed by atoms with Crippen molar-refractivity contribution >= 4 is 39.9 Å². The standard InChI is InChI=1S/C27H24N2O7S/c1-4-13-36-19-11-9-16(10-12-19)22(31)20-21(17-7-6-8-18(30)14-17)29(25(33)23(20)32)27-28-15(3)24(37-27)26(34)35-5-2/h4,6-12,14,21,30-31H,1,5,13H2,2-3H3/b22-20+/t21-/m0/s1. The monoisotopic (exact) mass is 520 g/mol. The van der Waals surface area contributed by atoms with Crippen LogP contribution in [0.3, 0.4) is 0 Å². The summed E-state index contributed by atoms with van der Waals surface area (Å²) in [6.07, 6.45) is 1.60. The van der Waals surface area contributed by atoms with Gasteiger partial charge in [-0.3, -0.25) is 14.5 Å². The maximum Gasteiger partial charge on any atom is 0.350 e. The first-order valence-corrected chi connectivity index (χ1v) is 12.2. The number of rotatable bonds is 8. The summed E-state index contributed by atoms with van der Waals surface area (Å²) in [5.74, 6) is -2.40. The van der Waals surface area contributed by atoms with E-state index in [9.17, 15) is 24.6 Å². The van der Waals surface area contributed by atoms with Gasteiger partial charge in [-0.15, -0.1) is 0 Å². The number of ketones is 1. The fourth-order valence-corrected chi connectivity index (χ4v) is 4.92. The number of ether oxygens (including phenoxy) is 2. The van der Waals surface area contributed by atoms with Gasteiger partial charge in [0.15, 0.2) is 5.13 Å². The first-order valence-electron chi connectivity index (χ1n) is 11.3. The number of nitrogens with zero attached hydrogens (tertiary/aromatic N) is 2. The van der Waals surface area contributed by atoms with Crippen LogP contribution < -0.4 is 9.64 Å². The molecule has 1 amide bonds. The number of hydrogen-bond donors (Lipinski definition) is 2. The summed E-state index contributed by atoms with van der Waals surface area (Å²) in [6.45, 7) is 7.33. The van der Waals surface area contributed by atoms with Crippen LogP contribution in [-0.2, 0) is 14.3 Å². The fourth-order valence-electron chi connectivity index (χ4n) is 3.93. The second-order valence-electron chi connectivity index (χ2n) is 8.02. The maximum absolute atomic E-state index is 13.3. The number of aliphatic hydroxyl groups is 1. The number of benzene rings is 2. The van der Waals surface area contributed by atoms with E-state index < -0.39 is 29.5 Å². The van der Waals surface area contributed by atoms with Gasteiger partial charge < -0.3 is 19.7 Å². The van der Waals surface area contributed by atoms with Gasteiger partial charge in [0.1, 0.15) is 28.7 Å². The molecule has 1 aliphatic heterocycles. The molecule has 2 heterocycles. The third-order valence-corrected chi connectivity index (χ3v) is 6.71. The second-order valence-corrected chi connectivity index (χ2v) is 9.00. The average molecular weight is 521 g/mol. The van der Waals surface area contributed by atoms with Gasteiger partial charge in [-0.1, -0.05) is 36.1 Å². The molecule has 1 aromatic heterocycles. The molecule has 37 heavy (non-hydrogen) atoms. The zero-order valence-corrected chi connectivity index (χ0v) is 20.9. The summed E-state index contributed by atoms with van der Waals surface area (Å²) < 4.78 is 10.5. The van der Waals surface area contributed by atoms with E-state index in [1.807, 2.05) is 0 Å². The Morgan fingerprint density at radius 1 is 1.22 bits per heavy atom. The number of thiazole rings is 1. The van der Waals surface area contributed by atoms with Crippen molar-refractivity contribution in [3.63, 3.8) is 0 Å². The molecule has 1 atom stereocenters.